The number of amides is 2. The number of rotatable bonds is 5. The Labute approximate surface area is 194 Å². The largest absolute Gasteiger partial charge is 0.435 e. The standard InChI is InChI=1S/C24H25BrFN3O3/c1-15(27-22(30)17-5-3-2-4-6-17)13-16-9-11-24(12-10-16)21(28-29-23(31)32-24)19-8-7-18(26)14-20(19)25/h2-8,14-16H,9-13H2,1H3,(H,27,30)(H,29,31)/t15-,16?,24?/m0/s1. The molecule has 32 heavy (non-hydrogen) atoms. The molecule has 1 saturated carbocycles. The van der Waals surface area contributed by atoms with E-state index in [2.05, 4.69) is 31.8 Å². The van der Waals surface area contributed by atoms with Crippen molar-refractivity contribution in [1.82, 2.24) is 10.7 Å². The maximum atomic E-state index is 13.6. The lowest BCUT2D eigenvalue weighted by atomic mass is 9.73. The molecule has 6 nitrogen and oxygen atoms in total. The van der Waals surface area contributed by atoms with Gasteiger partial charge in [-0.3, -0.25) is 4.79 Å². The molecule has 0 unspecified atom stereocenters. The second-order valence-electron chi connectivity index (χ2n) is 8.50. The van der Waals surface area contributed by atoms with Crippen LogP contribution >= 0.6 is 15.9 Å². The minimum absolute atomic E-state index is 0.0247. The molecule has 0 radical (unpaired) electrons. The number of nitrogens with zero attached hydrogens (tertiary/aromatic N) is 1. The van der Waals surface area contributed by atoms with E-state index in [1.165, 1.54) is 12.1 Å². The summed E-state index contributed by atoms with van der Waals surface area (Å²) < 4.78 is 19.9. The highest BCUT2D eigenvalue weighted by Crippen LogP contribution is 2.41. The van der Waals surface area contributed by atoms with Gasteiger partial charge in [-0.2, -0.15) is 5.10 Å². The molecule has 0 bridgehead atoms. The molecular formula is C24H25BrFN3O3. The minimum atomic E-state index is -0.838. The lowest BCUT2D eigenvalue weighted by Gasteiger charge is -2.42. The SMILES string of the molecule is C[C@@H](CC1CCC2(CC1)OC(=O)NN=C2c1ccc(F)cc1Br)NC(=O)c1ccccc1. The molecule has 168 valence electrons. The molecule has 2 N–H and O–H groups in total. The normalized spacial score (nSPS) is 23.7. The van der Waals surface area contributed by atoms with Crippen molar-refractivity contribution < 1.29 is 18.7 Å². The van der Waals surface area contributed by atoms with Gasteiger partial charge in [0.1, 0.15) is 11.5 Å². The highest BCUT2D eigenvalue weighted by molar-refractivity contribution is 9.10. The van der Waals surface area contributed by atoms with Gasteiger partial charge in [-0.05, 0) is 75.3 Å². The van der Waals surface area contributed by atoms with Crippen LogP contribution in [0.3, 0.4) is 0 Å². The maximum absolute atomic E-state index is 13.6. The topological polar surface area (TPSA) is 79.8 Å². The Morgan fingerprint density at radius 2 is 2.00 bits per heavy atom. The van der Waals surface area contributed by atoms with E-state index < -0.39 is 11.7 Å². The number of ether oxygens (including phenoxy) is 1. The zero-order valence-electron chi connectivity index (χ0n) is 17.7. The third kappa shape index (κ3) is 4.85. The van der Waals surface area contributed by atoms with Crippen LogP contribution in [0.15, 0.2) is 58.1 Å². The van der Waals surface area contributed by atoms with Crippen molar-refractivity contribution >= 4 is 33.6 Å². The molecule has 8 heteroatoms. The highest BCUT2D eigenvalue weighted by Gasteiger charge is 2.46. The first kappa shape index (κ1) is 22.5. The summed E-state index contributed by atoms with van der Waals surface area (Å²) >= 11 is 3.41. The zero-order chi connectivity index (χ0) is 22.7. The predicted octanol–water partition coefficient (Wildman–Crippen LogP) is 5.17. The minimum Gasteiger partial charge on any atom is -0.435 e. The fraction of sp³-hybridized carbons (Fsp3) is 0.375. The maximum Gasteiger partial charge on any atom is 0.428 e. The molecule has 1 aliphatic carbocycles. The Morgan fingerprint density at radius 3 is 2.69 bits per heavy atom. The van der Waals surface area contributed by atoms with E-state index in [4.69, 9.17) is 4.74 Å². The molecule has 1 atom stereocenters. The van der Waals surface area contributed by atoms with Crippen LogP contribution in [-0.2, 0) is 4.74 Å². The van der Waals surface area contributed by atoms with E-state index in [1.807, 2.05) is 25.1 Å². The molecule has 2 amide bonds. The van der Waals surface area contributed by atoms with Gasteiger partial charge in [0.25, 0.3) is 5.91 Å². The summed E-state index contributed by atoms with van der Waals surface area (Å²) in [4.78, 5) is 24.4. The molecule has 0 aromatic heterocycles. The Hall–Kier alpha value is -2.74. The number of carbonyl (C=O) groups excluding carboxylic acids is 2. The third-order valence-corrected chi connectivity index (χ3v) is 6.83. The number of hydrogen-bond donors (Lipinski definition) is 2. The van der Waals surface area contributed by atoms with Crippen LogP contribution < -0.4 is 10.7 Å². The number of hydrazone groups is 1. The Kier molecular flexibility index (Phi) is 6.60. The molecule has 4 rings (SSSR count). The lowest BCUT2D eigenvalue weighted by Crippen LogP contribution is -2.52. The van der Waals surface area contributed by atoms with Gasteiger partial charge in [-0.1, -0.05) is 34.1 Å². The van der Waals surface area contributed by atoms with Gasteiger partial charge in [0.15, 0.2) is 5.60 Å². The quantitative estimate of drug-likeness (QED) is 0.592. The van der Waals surface area contributed by atoms with E-state index >= 15 is 0 Å². The number of carbonyl (C=O) groups is 2. The van der Waals surface area contributed by atoms with Gasteiger partial charge in [-0.25, -0.2) is 14.6 Å². The zero-order valence-corrected chi connectivity index (χ0v) is 19.3. The van der Waals surface area contributed by atoms with E-state index in [0.29, 0.717) is 40.1 Å². The molecule has 0 saturated heterocycles. The van der Waals surface area contributed by atoms with Crippen LogP contribution in [0.4, 0.5) is 9.18 Å². The first-order valence-electron chi connectivity index (χ1n) is 10.7. The first-order chi connectivity index (χ1) is 15.4. The second-order valence-corrected chi connectivity index (χ2v) is 9.35. The number of nitrogens with one attached hydrogen (secondary N) is 2. The van der Waals surface area contributed by atoms with Gasteiger partial charge in [0.2, 0.25) is 0 Å². The summed E-state index contributed by atoms with van der Waals surface area (Å²) in [5, 5.41) is 7.36. The molecule has 1 spiro atoms. The Bertz CT molecular complexity index is 1040. The average molecular weight is 502 g/mol. The van der Waals surface area contributed by atoms with Crippen molar-refractivity contribution in [3.8, 4) is 0 Å². The van der Waals surface area contributed by atoms with Crippen LogP contribution in [0.1, 0.15) is 54.9 Å². The van der Waals surface area contributed by atoms with E-state index in [0.717, 1.165) is 19.3 Å². The molecule has 2 aromatic carbocycles. The molecular weight excluding hydrogens is 477 g/mol. The summed E-state index contributed by atoms with van der Waals surface area (Å²) in [7, 11) is 0. The summed E-state index contributed by atoms with van der Waals surface area (Å²) in [6.07, 6.45) is 3.16. The van der Waals surface area contributed by atoms with Crippen LogP contribution in [-0.4, -0.2) is 29.4 Å². The highest BCUT2D eigenvalue weighted by atomic mass is 79.9. The first-order valence-corrected chi connectivity index (χ1v) is 11.5. The molecule has 1 heterocycles. The van der Waals surface area contributed by atoms with E-state index in [9.17, 15) is 14.0 Å². The molecule has 1 aliphatic heterocycles. The van der Waals surface area contributed by atoms with Crippen molar-refractivity contribution in [2.24, 2.45) is 11.0 Å². The summed E-state index contributed by atoms with van der Waals surface area (Å²) in [5.74, 6) is -0.0438. The second kappa shape index (κ2) is 9.40. The smallest absolute Gasteiger partial charge is 0.428 e. The third-order valence-electron chi connectivity index (χ3n) is 6.18. The van der Waals surface area contributed by atoms with Crippen LogP contribution in [0.5, 0.6) is 0 Å². The number of benzene rings is 2. The Balaban J connectivity index is 1.41. The fourth-order valence-electron chi connectivity index (χ4n) is 4.61. The summed E-state index contributed by atoms with van der Waals surface area (Å²) in [5.41, 5.74) is 3.51. The predicted molar refractivity (Wildman–Crippen MR) is 123 cm³/mol. The van der Waals surface area contributed by atoms with Gasteiger partial charge in [-0.15, -0.1) is 0 Å². The van der Waals surface area contributed by atoms with Crippen LogP contribution in [0.2, 0.25) is 0 Å². The van der Waals surface area contributed by atoms with Crippen LogP contribution in [0.25, 0.3) is 0 Å². The Morgan fingerprint density at radius 1 is 1.28 bits per heavy atom. The molecule has 1 fully saturated rings. The van der Waals surface area contributed by atoms with Crippen molar-refractivity contribution in [3.05, 3.63) is 69.9 Å². The summed E-state index contributed by atoms with van der Waals surface area (Å²) in [6.45, 7) is 2.01. The van der Waals surface area contributed by atoms with Gasteiger partial charge in [0.05, 0.1) is 0 Å². The van der Waals surface area contributed by atoms with E-state index in [1.54, 1.807) is 18.2 Å². The lowest BCUT2D eigenvalue weighted by molar-refractivity contribution is 0.0154. The molecule has 2 aliphatic rings. The van der Waals surface area contributed by atoms with Crippen molar-refractivity contribution in [1.29, 1.82) is 0 Å². The van der Waals surface area contributed by atoms with Crippen molar-refractivity contribution in [2.45, 2.75) is 50.7 Å². The number of hydrogen-bond acceptors (Lipinski definition) is 4. The van der Waals surface area contributed by atoms with Crippen molar-refractivity contribution in [3.63, 3.8) is 0 Å². The fourth-order valence-corrected chi connectivity index (χ4v) is 5.15. The molecule has 2 aromatic rings. The number of halogens is 2. The summed E-state index contributed by atoms with van der Waals surface area (Å²) in [6, 6.07) is 13.6. The van der Waals surface area contributed by atoms with E-state index in [-0.39, 0.29) is 17.8 Å². The van der Waals surface area contributed by atoms with Crippen LogP contribution in [0, 0.1) is 11.7 Å². The van der Waals surface area contributed by atoms with Gasteiger partial charge < -0.3 is 10.1 Å². The van der Waals surface area contributed by atoms with Gasteiger partial charge >= 0.3 is 6.09 Å². The average Bonchev–Trinajstić information content (AvgIpc) is 2.77. The van der Waals surface area contributed by atoms with Crippen molar-refractivity contribution in [2.75, 3.05) is 0 Å². The van der Waals surface area contributed by atoms with Gasteiger partial charge in [0, 0.05) is 21.6 Å². The monoisotopic (exact) mass is 501 g/mol.